The van der Waals surface area contributed by atoms with Gasteiger partial charge in [-0.3, -0.25) is 9.78 Å². The number of benzene rings is 2. The van der Waals surface area contributed by atoms with E-state index in [1.165, 1.54) is 4.68 Å². The lowest BCUT2D eigenvalue weighted by Gasteiger charge is -2.13. The van der Waals surface area contributed by atoms with E-state index >= 15 is 0 Å². The summed E-state index contributed by atoms with van der Waals surface area (Å²) in [6, 6.07) is 17.9. The van der Waals surface area contributed by atoms with Gasteiger partial charge in [-0.25, -0.2) is 9.48 Å². The van der Waals surface area contributed by atoms with Crippen LogP contribution in [-0.2, 0) is 13.1 Å². The summed E-state index contributed by atoms with van der Waals surface area (Å²) < 4.78 is 7.06. The molecular weight excluding hydrogens is 430 g/mol. The third kappa shape index (κ3) is 5.78. The van der Waals surface area contributed by atoms with E-state index in [0.717, 1.165) is 24.2 Å². The van der Waals surface area contributed by atoms with E-state index in [1.54, 1.807) is 30.6 Å². The summed E-state index contributed by atoms with van der Waals surface area (Å²) in [5.41, 5.74) is 1.94. The molecule has 4 aromatic rings. The number of nitrogens with zero attached hydrogens (tertiary/aromatic N) is 3. The number of aromatic nitrogens is 3. The molecule has 0 aliphatic carbocycles. The van der Waals surface area contributed by atoms with E-state index in [0.29, 0.717) is 35.3 Å². The van der Waals surface area contributed by atoms with Gasteiger partial charge >= 0.3 is 6.03 Å². The van der Waals surface area contributed by atoms with E-state index in [-0.39, 0.29) is 18.1 Å². The molecule has 0 aliphatic rings. The van der Waals surface area contributed by atoms with Crippen LogP contribution in [0.25, 0.3) is 10.8 Å². The molecular formula is C26H27N5O3. The number of hydrogen-bond donors (Lipinski definition) is 2. The zero-order chi connectivity index (χ0) is 23.8. The van der Waals surface area contributed by atoms with Gasteiger partial charge in [0.05, 0.1) is 30.8 Å². The molecule has 0 saturated carbocycles. The topological polar surface area (TPSA) is 98.1 Å². The van der Waals surface area contributed by atoms with Crippen molar-refractivity contribution in [3.8, 4) is 5.75 Å². The monoisotopic (exact) mass is 457 g/mol. The third-order valence-electron chi connectivity index (χ3n) is 5.29. The van der Waals surface area contributed by atoms with Gasteiger partial charge in [-0.1, -0.05) is 37.6 Å². The van der Waals surface area contributed by atoms with Crippen LogP contribution in [0.5, 0.6) is 5.75 Å². The summed E-state index contributed by atoms with van der Waals surface area (Å²) in [7, 11) is 0. The molecule has 0 spiro atoms. The Hall–Kier alpha value is -4.20. The molecule has 2 aromatic heterocycles. The molecule has 34 heavy (non-hydrogen) atoms. The summed E-state index contributed by atoms with van der Waals surface area (Å²) in [6.45, 7) is 3.25. The first-order valence-corrected chi connectivity index (χ1v) is 11.3. The fourth-order valence-corrected chi connectivity index (χ4v) is 3.52. The minimum Gasteiger partial charge on any atom is -0.494 e. The van der Waals surface area contributed by atoms with Crippen molar-refractivity contribution in [2.24, 2.45) is 0 Å². The number of rotatable bonds is 9. The van der Waals surface area contributed by atoms with Gasteiger partial charge in [-0.05, 0) is 48.4 Å². The molecule has 174 valence electrons. The van der Waals surface area contributed by atoms with Crippen LogP contribution in [-0.4, -0.2) is 27.4 Å². The van der Waals surface area contributed by atoms with Gasteiger partial charge in [0.25, 0.3) is 5.56 Å². The molecule has 4 rings (SSSR count). The van der Waals surface area contributed by atoms with Crippen molar-refractivity contribution in [3.63, 3.8) is 0 Å². The lowest BCUT2D eigenvalue weighted by atomic mass is 10.1. The Morgan fingerprint density at radius 1 is 1.03 bits per heavy atom. The fraction of sp³-hybridized carbons (Fsp3) is 0.231. The Bertz CT molecular complexity index is 1300. The highest BCUT2D eigenvalue weighted by atomic mass is 16.5. The molecule has 0 fully saturated rings. The largest absolute Gasteiger partial charge is 0.494 e. The third-order valence-corrected chi connectivity index (χ3v) is 5.29. The molecule has 0 atom stereocenters. The van der Waals surface area contributed by atoms with Crippen molar-refractivity contribution in [2.75, 3.05) is 11.9 Å². The maximum Gasteiger partial charge on any atom is 0.319 e. The first-order chi connectivity index (χ1) is 16.6. The first kappa shape index (κ1) is 23.0. The minimum absolute atomic E-state index is 0.165. The highest BCUT2D eigenvalue weighted by Crippen LogP contribution is 2.17. The van der Waals surface area contributed by atoms with Gasteiger partial charge in [0.2, 0.25) is 0 Å². The molecule has 0 saturated heterocycles. The van der Waals surface area contributed by atoms with Gasteiger partial charge in [-0.15, -0.1) is 0 Å². The fourth-order valence-electron chi connectivity index (χ4n) is 3.52. The van der Waals surface area contributed by atoms with Gasteiger partial charge in [0, 0.05) is 23.5 Å². The van der Waals surface area contributed by atoms with Crippen LogP contribution >= 0.6 is 0 Å². The maximum atomic E-state index is 12.9. The molecule has 8 heteroatoms. The summed E-state index contributed by atoms with van der Waals surface area (Å²) in [6.07, 6.45) is 5.46. The van der Waals surface area contributed by atoms with Gasteiger partial charge in [0.15, 0.2) is 0 Å². The second-order valence-electron chi connectivity index (χ2n) is 7.85. The number of amides is 2. The predicted octanol–water partition coefficient (Wildman–Crippen LogP) is 4.34. The standard InChI is InChI=1S/C26H27N5O3/c1-2-3-15-34-21-12-10-20(11-13-21)29-26(33)28-17-24-22-8-4-5-9-23(22)25(32)31(30-24)18-19-7-6-14-27-16-19/h4-14,16H,2-3,15,17-18H2,1H3,(H2,28,29,33). The number of fused-ring (bicyclic) bond motifs is 1. The summed E-state index contributed by atoms with van der Waals surface area (Å²) >= 11 is 0. The zero-order valence-electron chi connectivity index (χ0n) is 19.0. The van der Waals surface area contributed by atoms with Crippen molar-refractivity contribution in [3.05, 3.63) is 94.7 Å². The highest BCUT2D eigenvalue weighted by molar-refractivity contribution is 5.90. The van der Waals surface area contributed by atoms with Crippen LogP contribution in [0.4, 0.5) is 10.5 Å². The van der Waals surface area contributed by atoms with Crippen LogP contribution in [0.15, 0.2) is 77.9 Å². The lowest BCUT2D eigenvalue weighted by molar-refractivity contribution is 0.251. The summed E-state index contributed by atoms with van der Waals surface area (Å²) in [5.74, 6) is 0.769. The van der Waals surface area contributed by atoms with E-state index in [2.05, 4.69) is 27.6 Å². The van der Waals surface area contributed by atoms with Gasteiger partial charge < -0.3 is 15.4 Å². The Labute approximate surface area is 197 Å². The smallest absolute Gasteiger partial charge is 0.319 e. The van der Waals surface area contributed by atoms with E-state index in [4.69, 9.17) is 4.74 Å². The molecule has 0 radical (unpaired) electrons. The van der Waals surface area contributed by atoms with Crippen molar-refractivity contribution < 1.29 is 9.53 Å². The number of pyridine rings is 1. The Kier molecular flexibility index (Phi) is 7.49. The number of ether oxygens (including phenoxy) is 1. The second-order valence-corrected chi connectivity index (χ2v) is 7.85. The number of nitrogens with one attached hydrogen (secondary N) is 2. The van der Waals surface area contributed by atoms with Gasteiger partial charge in [0.1, 0.15) is 5.75 Å². The van der Waals surface area contributed by atoms with Crippen LogP contribution in [0, 0.1) is 0 Å². The molecule has 8 nitrogen and oxygen atoms in total. The number of carbonyl (C=O) groups excluding carboxylic acids is 1. The molecule has 2 aromatic carbocycles. The quantitative estimate of drug-likeness (QED) is 0.364. The van der Waals surface area contributed by atoms with E-state index in [1.807, 2.05) is 42.5 Å². The minimum atomic E-state index is -0.365. The highest BCUT2D eigenvalue weighted by Gasteiger charge is 2.12. The van der Waals surface area contributed by atoms with Gasteiger partial charge in [-0.2, -0.15) is 5.10 Å². The summed E-state index contributed by atoms with van der Waals surface area (Å²) in [5, 5.41) is 11.4. The Morgan fingerprint density at radius 2 is 1.82 bits per heavy atom. The van der Waals surface area contributed by atoms with Crippen LogP contribution < -0.4 is 20.9 Å². The molecule has 0 bridgehead atoms. The molecule has 0 aliphatic heterocycles. The van der Waals surface area contributed by atoms with Crippen LogP contribution in [0.1, 0.15) is 31.0 Å². The number of anilines is 1. The predicted molar refractivity (Wildman–Crippen MR) is 132 cm³/mol. The molecule has 2 amide bonds. The number of hydrogen-bond acceptors (Lipinski definition) is 5. The van der Waals surface area contributed by atoms with E-state index in [9.17, 15) is 9.59 Å². The molecule has 2 heterocycles. The zero-order valence-corrected chi connectivity index (χ0v) is 19.0. The van der Waals surface area contributed by atoms with Crippen molar-refractivity contribution in [1.29, 1.82) is 0 Å². The normalized spacial score (nSPS) is 10.7. The Balaban J connectivity index is 1.45. The molecule has 0 unspecified atom stereocenters. The van der Waals surface area contributed by atoms with E-state index < -0.39 is 0 Å². The van der Waals surface area contributed by atoms with Crippen molar-refractivity contribution in [2.45, 2.75) is 32.9 Å². The average molecular weight is 458 g/mol. The number of urea groups is 1. The van der Waals surface area contributed by atoms with Crippen molar-refractivity contribution in [1.82, 2.24) is 20.1 Å². The number of unbranched alkanes of at least 4 members (excludes halogenated alkanes) is 1. The SMILES string of the molecule is CCCCOc1ccc(NC(=O)NCc2nn(Cc3cccnc3)c(=O)c3ccccc23)cc1. The Morgan fingerprint density at radius 3 is 2.56 bits per heavy atom. The lowest BCUT2D eigenvalue weighted by Crippen LogP contribution is -2.31. The first-order valence-electron chi connectivity index (χ1n) is 11.3. The average Bonchev–Trinajstić information content (AvgIpc) is 2.87. The maximum absolute atomic E-state index is 12.9. The van der Waals surface area contributed by atoms with Crippen LogP contribution in [0.3, 0.4) is 0 Å². The molecule has 2 N–H and O–H groups in total. The number of carbonyl (C=O) groups is 1. The second kappa shape index (κ2) is 11.1. The van der Waals surface area contributed by atoms with Crippen molar-refractivity contribution >= 4 is 22.5 Å². The van der Waals surface area contributed by atoms with Crippen LogP contribution in [0.2, 0.25) is 0 Å². The summed E-state index contributed by atoms with van der Waals surface area (Å²) in [4.78, 5) is 29.5.